The number of benzene rings is 2. The second-order valence-electron chi connectivity index (χ2n) is 11.8. The van der Waals surface area contributed by atoms with Crippen LogP contribution >= 0.6 is 22.7 Å². The van der Waals surface area contributed by atoms with Gasteiger partial charge < -0.3 is 14.2 Å². The molecule has 9 nitrogen and oxygen atoms in total. The molecule has 1 atom stereocenters. The lowest BCUT2D eigenvalue weighted by Gasteiger charge is -2.38. The molecule has 0 bridgehead atoms. The molecular weight excluding hydrogens is 617 g/mol. The van der Waals surface area contributed by atoms with Crippen LogP contribution in [-0.4, -0.2) is 45.4 Å². The second-order valence-corrected chi connectivity index (χ2v) is 13.5. The first-order valence-corrected chi connectivity index (χ1v) is 17.5. The summed E-state index contributed by atoms with van der Waals surface area (Å²) in [6.45, 7) is 5.46. The Kier molecular flexibility index (Phi) is 7.89. The van der Waals surface area contributed by atoms with Gasteiger partial charge in [0.2, 0.25) is 0 Å². The summed E-state index contributed by atoms with van der Waals surface area (Å²) in [5, 5.41) is 10.5. The predicted octanol–water partition coefficient (Wildman–Crippen LogP) is 8.69. The highest BCUT2D eigenvalue weighted by molar-refractivity contribution is 7.17. The zero-order chi connectivity index (χ0) is 31.0. The smallest absolute Gasteiger partial charge is 0.164 e. The molecule has 2 aromatic carbocycles. The molecule has 1 unspecified atom stereocenters. The Balaban J connectivity index is 1.43. The SMILES string of the molecule is Cc1csc2ncnc(N(c3ccccc3OC3CCCC3)N(c3ccccc3OC3CCOC3)c3ncnc4scc(C)c34)c12. The van der Waals surface area contributed by atoms with E-state index < -0.39 is 0 Å². The molecule has 46 heavy (non-hydrogen) atoms. The van der Waals surface area contributed by atoms with Crippen LogP contribution in [0.4, 0.5) is 23.0 Å². The summed E-state index contributed by atoms with van der Waals surface area (Å²) in [7, 11) is 0. The highest BCUT2D eigenvalue weighted by atomic mass is 32.1. The van der Waals surface area contributed by atoms with Crippen molar-refractivity contribution in [3.8, 4) is 11.5 Å². The van der Waals surface area contributed by atoms with Crippen molar-refractivity contribution in [1.29, 1.82) is 0 Å². The molecule has 0 radical (unpaired) electrons. The first-order chi connectivity index (χ1) is 22.7. The lowest BCUT2D eigenvalue weighted by atomic mass is 10.2. The average Bonchev–Trinajstić information content (AvgIpc) is 3.91. The zero-order valence-corrected chi connectivity index (χ0v) is 27.4. The van der Waals surface area contributed by atoms with Gasteiger partial charge in [-0.2, -0.15) is 0 Å². The monoisotopic (exact) mass is 650 g/mol. The molecule has 1 aliphatic carbocycles. The van der Waals surface area contributed by atoms with E-state index in [1.165, 1.54) is 12.8 Å². The van der Waals surface area contributed by atoms with Crippen LogP contribution in [0.15, 0.2) is 71.9 Å². The van der Waals surface area contributed by atoms with Crippen molar-refractivity contribution in [3.05, 3.63) is 83.1 Å². The summed E-state index contributed by atoms with van der Waals surface area (Å²) in [5.74, 6) is 2.96. The van der Waals surface area contributed by atoms with E-state index in [0.29, 0.717) is 13.2 Å². The van der Waals surface area contributed by atoms with Gasteiger partial charge in [-0.1, -0.05) is 24.3 Å². The molecule has 0 N–H and O–H groups in total. The Morgan fingerprint density at radius 3 is 1.72 bits per heavy atom. The fourth-order valence-corrected chi connectivity index (χ4v) is 8.15. The number of nitrogens with zero attached hydrogens (tertiary/aromatic N) is 6. The van der Waals surface area contributed by atoms with Crippen LogP contribution in [0.5, 0.6) is 11.5 Å². The third-order valence-electron chi connectivity index (χ3n) is 8.63. The van der Waals surface area contributed by atoms with Crippen LogP contribution < -0.4 is 19.5 Å². The number of anilines is 4. The summed E-state index contributed by atoms with van der Waals surface area (Å²) in [6.07, 6.45) is 8.66. The topological polar surface area (TPSA) is 85.7 Å². The number of hydrazine groups is 1. The van der Waals surface area contributed by atoms with E-state index in [9.17, 15) is 0 Å². The average molecular weight is 651 g/mol. The number of ether oxygens (including phenoxy) is 3. The number of fused-ring (bicyclic) bond motifs is 2. The maximum absolute atomic E-state index is 6.80. The summed E-state index contributed by atoms with van der Waals surface area (Å²) < 4.78 is 19.2. The molecule has 6 aromatic rings. The first kappa shape index (κ1) is 29.1. The molecule has 234 valence electrons. The van der Waals surface area contributed by atoms with Crippen molar-refractivity contribution in [3.63, 3.8) is 0 Å². The molecule has 1 saturated heterocycles. The van der Waals surface area contributed by atoms with Crippen LogP contribution in [0.1, 0.15) is 43.2 Å². The van der Waals surface area contributed by atoms with E-state index in [1.54, 1.807) is 35.3 Å². The van der Waals surface area contributed by atoms with E-state index in [2.05, 4.69) is 62.8 Å². The molecule has 11 heteroatoms. The van der Waals surface area contributed by atoms with Crippen molar-refractivity contribution >= 4 is 66.1 Å². The van der Waals surface area contributed by atoms with Crippen molar-refractivity contribution in [2.45, 2.75) is 58.2 Å². The first-order valence-electron chi connectivity index (χ1n) is 15.7. The van der Waals surface area contributed by atoms with E-state index in [0.717, 1.165) is 85.3 Å². The number of aromatic nitrogens is 4. The van der Waals surface area contributed by atoms with Crippen LogP contribution in [0.25, 0.3) is 20.4 Å². The highest BCUT2D eigenvalue weighted by Crippen LogP contribution is 2.48. The Morgan fingerprint density at radius 2 is 1.20 bits per heavy atom. The third kappa shape index (κ3) is 5.32. The number of hydrogen-bond donors (Lipinski definition) is 0. The number of para-hydroxylation sites is 4. The van der Waals surface area contributed by atoms with Gasteiger partial charge in [0.25, 0.3) is 0 Å². The normalized spacial score (nSPS) is 16.8. The van der Waals surface area contributed by atoms with Gasteiger partial charge in [0, 0.05) is 6.42 Å². The Morgan fingerprint density at radius 1 is 0.674 bits per heavy atom. The summed E-state index contributed by atoms with van der Waals surface area (Å²) in [4.78, 5) is 21.1. The number of hydrogen-bond acceptors (Lipinski definition) is 11. The molecular formula is C35H34N6O3S2. The summed E-state index contributed by atoms with van der Waals surface area (Å²) in [5.41, 5.74) is 3.86. The molecule has 5 heterocycles. The van der Waals surface area contributed by atoms with E-state index in [4.69, 9.17) is 24.2 Å². The minimum absolute atomic E-state index is 0.0485. The number of thiophene rings is 2. The summed E-state index contributed by atoms with van der Waals surface area (Å²) >= 11 is 3.23. The molecule has 8 rings (SSSR count). The Labute approximate surface area is 275 Å². The molecule has 1 saturated carbocycles. The van der Waals surface area contributed by atoms with Gasteiger partial charge >= 0.3 is 0 Å². The molecule has 4 aromatic heterocycles. The Bertz CT molecular complexity index is 1860. The third-order valence-corrected chi connectivity index (χ3v) is 10.6. The van der Waals surface area contributed by atoms with Gasteiger partial charge in [-0.05, 0) is 85.7 Å². The number of aryl methyl sites for hydroxylation is 2. The molecule has 0 amide bonds. The molecule has 1 aliphatic heterocycles. The van der Waals surface area contributed by atoms with Gasteiger partial charge in [0.15, 0.2) is 11.6 Å². The van der Waals surface area contributed by atoms with Gasteiger partial charge in [0.1, 0.15) is 51.3 Å². The van der Waals surface area contributed by atoms with Gasteiger partial charge in [-0.3, -0.25) is 0 Å². The fraction of sp³-hybridized carbons (Fsp3) is 0.314. The second kappa shape index (κ2) is 12.5. The van der Waals surface area contributed by atoms with Crippen LogP contribution in [0.2, 0.25) is 0 Å². The van der Waals surface area contributed by atoms with E-state index in [1.807, 2.05) is 30.3 Å². The Hall–Kier alpha value is -4.32. The predicted molar refractivity (Wildman–Crippen MR) is 184 cm³/mol. The maximum Gasteiger partial charge on any atom is 0.164 e. The lowest BCUT2D eigenvalue weighted by molar-refractivity contribution is 0.141. The number of rotatable bonds is 9. The molecule has 0 spiro atoms. The highest BCUT2D eigenvalue weighted by Gasteiger charge is 2.33. The van der Waals surface area contributed by atoms with Crippen molar-refractivity contribution in [2.24, 2.45) is 0 Å². The van der Waals surface area contributed by atoms with Crippen molar-refractivity contribution < 1.29 is 14.2 Å². The lowest BCUT2D eigenvalue weighted by Crippen LogP contribution is -2.38. The molecule has 2 fully saturated rings. The van der Waals surface area contributed by atoms with Crippen LogP contribution in [0.3, 0.4) is 0 Å². The van der Waals surface area contributed by atoms with Gasteiger partial charge in [-0.15, -0.1) is 22.7 Å². The maximum atomic E-state index is 6.80. The van der Waals surface area contributed by atoms with Gasteiger partial charge in [0.05, 0.1) is 30.1 Å². The standard InChI is InChI=1S/C35H34N6O3S2/c1-22-18-45-34-30(22)32(36-20-38-34)40(26-11-5-7-13-28(26)43-24-9-3-4-10-24)41(33-31-23(2)19-46-35(31)39-21-37-33)27-12-6-8-14-29(27)44-25-15-16-42-17-25/h5-8,11-14,18-21,24-25H,3-4,9-10,15-17H2,1-2H3. The molecule has 2 aliphatic rings. The largest absolute Gasteiger partial charge is 0.488 e. The van der Waals surface area contributed by atoms with Crippen molar-refractivity contribution in [1.82, 2.24) is 19.9 Å². The quantitative estimate of drug-likeness (QED) is 0.143. The fourth-order valence-electron chi connectivity index (χ4n) is 6.39. The van der Waals surface area contributed by atoms with E-state index in [-0.39, 0.29) is 12.2 Å². The van der Waals surface area contributed by atoms with Crippen molar-refractivity contribution in [2.75, 3.05) is 23.2 Å². The summed E-state index contributed by atoms with van der Waals surface area (Å²) in [6, 6.07) is 16.4. The van der Waals surface area contributed by atoms with Crippen LogP contribution in [0, 0.1) is 13.8 Å². The van der Waals surface area contributed by atoms with Gasteiger partial charge in [-0.25, -0.2) is 30.0 Å². The van der Waals surface area contributed by atoms with E-state index >= 15 is 0 Å². The van der Waals surface area contributed by atoms with Crippen LogP contribution in [-0.2, 0) is 4.74 Å². The minimum Gasteiger partial charge on any atom is -0.488 e. The zero-order valence-electron chi connectivity index (χ0n) is 25.8. The minimum atomic E-state index is -0.0485.